The topological polar surface area (TPSA) is 99.0 Å². The first-order chi connectivity index (χ1) is 8.19. The van der Waals surface area contributed by atoms with E-state index in [1.54, 1.807) is 27.7 Å². The Kier molecular flexibility index (Phi) is 4.23. The van der Waals surface area contributed by atoms with E-state index < -0.39 is 16.9 Å². The van der Waals surface area contributed by atoms with Crippen LogP contribution in [0.25, 0.3) is 0 Å². The van der Waals surface area contributed by atoms with Crippen LogP contribution >= 0.6 is 0 Å². The van der Waals surface area contributed by atoms with E-state index in [4.69, 9.17) is 9.94 Å². The van der Waals surface area contributed by atoms with Gasteiger partial charge in [0.25, 0.3) is 0 Å². The molecule has 0 saturated heterocycles. The van der Waals surface area contributed by atoms with Crippen LogP contribution in [0.3, 0.4) is 0 Å². The summed E-state index contributed by atoms with van der Waals surface area (Å²) >= 11 is 0. The van der Waals surface area contributed by atoms with Crippen molar-refractivity contribution in [1.82, 2.24) is 4.98 Å². The second-order valence-corrected chi connectivity index (χ2v) is 4.82. The Labute approximate surface area is 105 Å². The van der Waals surface area contributed by atoms with Gasteiger partial charge < -0.3 is 9.94 Å². The molecular formula is C11H17N3O4. The van der Waals surface area contributed by atoms with Crippen LogP contribution in [-0.4, -0.2) is 21.9 Å². The van der Waals surface area contributed by atoms with E-state index in [9.17, 15) is 10.0 Å². The molecule has 0 bridgehead atoms. The minimum absolute atomic E-state index is 0.102. The molecule has 0 spiro atoms. The number of carbonyl (C=O) groups is 1. The number of hydrogen-bond acceptors (Lipinski definition) is 5. The molecule has 1 unspecified atom stereocenters. The number of aromatic nitrogens is 1. The average Bonchev–Trinajstić information content (AvgIpc) is 2.13. The number of nitrogens with one attached hydrogen (secondary N) is 2. The summed E-state index contributed by atoms with van der Waals surface area (Å²) in [6.45, 7) is 6.88. The normalized spacial score (nSPS) is 13.0. The van der Waals surface area contributed by atoms with Gasteiger partial charge in [0, 0.05) is 5.56 Å². The molecule has 1 amide bonds. The molecule has 3 N–H and O–H groups in total. The van der Waals surface area contributed by atoms with Gasteiger partial charge in [0.05, 0.1) is 6.20 Å². The Morgan fingerprint density at radius 1 is 1.56 bits per heavy atom. The number of ether oxygens (including phenoxy) is 1. The van der Waals surface area contributed by atoms with Gasteiger partial charge in [0.15, 0.2) is 5.69 Å². The summed E-state index contributed by atoms with van der Waals surface area (Å²) in [5, 5.41) is 21.0. The third kappa shape index (κ3) is 4.28. The number of quaternary nitrogens is 1. The van der Waals surface area contributed by atoms with Crippen molar-refractivity contribution >= 4 is 17.6 Å². The monoisotopic (exact) mass is 255 g/mol. The van der Waals surface area contributed by atoms with E-state index >= 15 is 0 Å². The van der Waals surface area contributed by atoms with Gasteiger partial charge in [0.1, 0.15) is 11.4 Å². The van der Waals surface area contributed by atoms with E-state index in [0.717, 1.165) is 0 Å². The van der Waals surface area contributed by atoms with E-state index in [1.807, 2.05) is 0 Å². The van der Waals surface area contributed by atoms with Gasteiger partial charge in [-0.3, -0.25) is 5.32 Å². The third-order valence-corrected chi connectivity index (χ3v) is 1.97. The van der Waals surface area contributed by atoms with Crippen LogP contribution in [0.4, 0.5) is 16.3 Å². The fourth-order valence-electron chi connectivity index (χ4n) is 1.26. The summed E-state index contributed by atoms with van der Waals surface area (Å²) < 4.78 is 5.05. The lowest BCUT2D eigenvalue weighted by Gasteiger charge is -2.19. The molecule has 0 aliphatic heterocycles. The van der Waals surface area contributed by atoms with Crippen molar-refractivity contribution in [2.75, 3.05) is 5.32 Å². The molecule has 1 aromatic rings. The standard InChI is InChI=1S/C11H17N3O4/c1-7-5-9(12-6-8(7)14(16)17)13-10(15)18-11(2,3)4/h5-6,14,16H,1-4H3,(H,12,13,15). The van der Waals surface area contributed by atoms with Gasteiger partial charge in [-0.25, -0.2) is 15.0 Å². The molecule has 1 aromatic heterocycles. The predicted octanol–water partition coefficient (Wildman–Crippen LogP) is 1.14. The number of aryl methyl sites for hydroxylation is 1. The van der Waals surface area contributed by atoms with Crippen molar-refractivity contribution in [2.45, 2.75) is 33.3 Å². The van der Waals surface area contributed by atoms with Crippen LogP contribution in [0.2, 0.25) is 0 Å². The number of rotatable bonds is 2. The second-order valence-electron chi connectivity index (χ2n) is 4.82. The number of anilines is 1. The largest absolute Gasteiger partial charge is 0.595 e. The van der Waals surface area contributed by atoms with Crippen LogP contribution in [0, 0.1) is 12.1 Å². The summed E-state index contributed by atoms with van der Waals surface area (Å²) in [7, 11) is 0. The van der Waals surface area contributed by atoms with Gasteiger partial charge in [-0.05, 0) is 33.8 Å². The molecule has 0 radical (unpaired) electrons. The van der Waals surface area contributed by atoms with Crippen molar-refractivity contribution < 1.29 is 20.0 Å². The predicted molar refractivity (Wildman–Crippen MR) is 64.6 cm³/mol. The quantitative estimate of drug-likeness (QED) is 0.688. The van der Waals surface area contributed by atoms with Crippen molar-refractivity contribution in [3.8, 4) is 0 Å². The molecule has 1 atom stereocenters. The zero-order valence-electron chi connectivity index (χ0n) is 10.8. The van der Waals surface area contributed by atoms with E-state index in [0.29, 0.717) is 5.56 Å². The Morgan fingerprint density at radius 3 is 2.61 bits per heavy atom. The fourth-order valence-corrected chi connectivity index (χ4v) is 1.26. The van der Waals surface area contributed by atoms with E-state index in [-0.39, 0.29) is 11.5 Å². The highest BCUT2D eigenvalue weighted by Gasteiger charge is 2.17. The Balaban J connectivity index is 2.75. The zero-order chi connectivity index (χ0) is 13.9. The van der Waals surface area contributed by atoms with Crippen molar-refractivity contribution in [3.05, 3.63) is 23.0 Å². The van der Waals surface area contributed by atoms with Crippen molar-refractivity contribution in [3.63, 3.8) is 0 Å². The highest BCUT2D eigenvalue weighted by atomic mass is 16.8. The van der Waals surface area contributed by atoms with Crippen molar-refractivity contribution in [1.29, 1.82) is 0 Å². The smallest absolute Gasteiger partial charge is 0.413 e. The lowest BCUT2D eigenvalue weighted by atomic mass is 10.2. The minimum Gasteiger partial charge on any atom is -0.595 e. The SMILES string of the molecule is Cc1cc(NC(=O)OC(C)(C)C)ncc1[NH+]([O-])O. The number of carbonyl (C=O) groups excluding carboxylic acids is 1. The lowest BCUT2D eigenvalue weighted by Crippen LogP contribution is -2.99. The Morgan fingerprint density at radius 2 is 2.17 bits per heavy atom. The molecule has 7 heteroatoms. The maximum absolute atomic E-state index is 11.5. The van der Waals surface area contributed by atoms with Gasteiger partial charge in [-0.1, -0.05) is 0 Å². The number of hydrogen-bond donors (Lipinski definition) is 3. The lowest BCUT2D eigenvalue weighted by molar-refractivity contribution is -0.991. The summed E-state index contributed by atoms with van der Waals surface area (Å²) in [5.74, 6) is 0.256. The Bertz CT molecular complexity index is 440. The molecule has 0 aliphatic carbocycles. The van der Waals surface area contributed by atoms with Crippen LogP contribution < -0.4 is 10.5 Å². The molecule has 0 aliphatic rings. The molecule has 0 aromatic carbocycles. The third-order valence-electron chi connectivity index (χ3n) is 1.97. The van der Waals surface area contributed by atoms with Crippen LogP contribution in [0.15, 0.2) is 12.3 Å². The van der Waals surface area contributed by atoms with Crippen LogP contribution in [0.1, 0.15) is 26.3 Å². The number of amides is 1. The molecule has 1 heterocycles. The summed E-state index contributed by atoms with van der Waals surface area (Å²) in [4.78, 5) is 15.3. The van der Waals surface area contributed by atoms with Crippen LogP contribution in [0.5, 0.6) is 0 Å². The highest BCUT2D eigenvalue weighted by Crippen LogP contribution is 2.14. The highest BCUT2D eigenvalue weighted by molar-refractivity contribution is 5.83. The average molecular weight is 255 g/mol. The van der Waals surface area contributed by atoms with Gasteiger partial charge in [-0.15, -0.1) is 0 Å². The fraction of sp³-hybridized carbons (Fsp3) is 0.455. The summed E-state index contributed by atoms with van der Waals surface area (Å²) in [6, 6.07) is 1.48. The number of pyridine rings is 1. The first kappa shape index (κ1) is 14.4. The minimum atomic E-state index is -1.05. The molecule has 0 saturated carbocycles. The summed E-state index contributed by atoms with van der Waals surface area (Å²) in [5.41, 5.74) is 0.0217. The van der Waals surface area contributed by atoms with Crippen molar-refractivity contribution in [2.24, 2.45) is 0 Å². The number of nitrogens with zero attached hydrogens (tertiary/aromatic N) is 1. The van der Waals surface area contributed by atoms with E-state index in [2.05, 4.69) is 10.3 Å². The zero-order valence-corrected chi connectivity index (χ0v) is 10.8. The molecule has 1 rings (SSSR count). The molecule has 7 nitrogen and oxygen atoms in total. The van der Waals surface area contributed by atoms with E-state index in [1.165, 1.54) is 12.3 Å². The maximum Gasteiger partial charge on any atom is 0.413 e. The molecule has 0 fully saturated rings. The molecule has 100 valence electrons. The first-order valence-corrected chi connectivity index (χ1v) is 5.39. The van der Waals surface area contributed by atoms with Gasteiger partial charge in [-0.2, -0.15) is 5.23 Å². The molecule has 18 heavy (non-hydrogen) atoms. The molecular weight excluding hydrogens is 238 g/mol. The van der Waals surface area contributed by atoms with Crippen LogP contribution in [-0.2, 0) is 4.74 Å². The second kappa shape index (κ2) is 5.30. The Hall–Kier alpha value is -1.70. The van der Waals surface area contributed by atoms with Gasteiger partial charge >= 0.3 is 6.09 Å². The summed E-state index contributed by atoms with van der Waals surface area (Å²) in [6.07, 6.45) is 0.571. The van der Waals surface area contributed by atoms with Gasteiger partial charge in [0.2, 0.25) is 0 Å². The maximum atomic E-state index is 11.5. The first-order valence-electron chi connectivity index (χ1n) is 5.39.